The molecule has 0 saturated carbocycles. The number of aliphatic hydroxyl groups excluding tert-OH is 4. The molecule has 2 fully saturated rings. The molecule has 6 N–H and O–H groups in total. The van der Waals surface area contributed by atoms with Crippen molar-refractivity contribution in [2.45, 2.75) is 62.2 Å². The molecule has 0 amide bonds. The third-order valence-corrected chi connectivity index (χ3v) is 6.40. The van der Waals surface area contributed by atoms with Crippen molar-refractivity contribution in [2.24, 2.45) is 11.8 Å². The van der Waals surface area contributed by atoms with Crippen LogP contribution < -0.4 is 0 Å². The first-order valence-electron chi connectivity index (χ1n) is 11.8. The van der Waals surface area contributed by atoms with Crippen molar-refractivity contribution in [3.05, 3.63) is 0 Å². The second-order valence-electron chi connectivity index (χ2n) is 8.93. The van der Waals surface area contributed by atoms with Gasteiger partial charge in [0, 0.05) is 18.9 Å². The van der Waals surface area contributed by atoms with Crippen LogP contribution in [0.1, 0.15) is 13.3 Å². The topological polar surface area (TPSA) is 211 Å². The van der Waals surface area contributed by atoms with Gasteiger partial charge in [0.2, 0.25) is 0 Å². The molecule has 0 aliphatic carbocycles. The van der Waals surface area contributed by atoms with Gasteiger partial charge in [0.1, 0.15) is 37.6 Å². The van der Waals surface area contributed by atoms with Crippen LogP contribution in [0.2, 0.25) is 0 Å². The number of rotatable bonds is 15. The Kier molecular flexibility index (Phi) is 12.9. The molecule has 210 valence electrons. The zero-order chi connectivity index (χ0) is 26.8. The van der Waals surface area contributed by atoms with Crippen LogP contribution >= 0.6 is 0 Å². The fourth-order valence-corrected chi connectivity index (χ4v) is 4.52. The summed E-state index contributed by atoms with van der Waals surface area (Å²) in [6, 6.07) is 0. The second kappa shape index (κ2) is 15.1. The fourth-order valence-electron chi connectivity index (χ4n) is 4.52. The molecule has 14 nitrogen and oxygen atoms in total. The summed E-state index contributed by atoms with van der Waals surface area (Å²) in [6.45, 7) is 0.0174. The molecule has 14 heteroatoms. The Morgan fingerprint density at radius 3 is 1.56 bits per heavy atom. The Bertz CT molecular complexity index is 677. The first kappa shape index (κ1) is 30.8. The number of methoxy groups -OCH3 is 1. The molecule has 0 radical (unpaired) electrons. The van der Waals surface area contributed by atoms with Crippen LogP contribution in [0.25, 0.3) is 0 Å². The van der Waals surface area contributed by atoms with Gasteiger partial charge >= 0.3 is 11.9 Å². The SMILES string of the molecule is CC[C@H]1C(COCC(=O)O)O[C@@H](COC[C@H]2C(O)C(O)[C@@H](COC)O[C@H]2COCC(=O)O)C(O)[C@H]1O. The van der Waals surface area contributed by atoms with Crippen LogP contribution in [0.4, 0.5) is 0 Å². The standard InChI is InChI=1S/C22H38O14/c1-3-11-13(6-33-9-17(23)24)35-16(22(30)19(11)27)8-32-4-12-14(7-34-10-18(25)26)36-15(5-31-2)21(29)20(12)28/h11-16,19-22,27-30H,3-10H2,1-2H3,(H,23,24)(H,25,26)/t11-,12+,13?,14-,15+,16-,19-,20?,21?,22?/m0/s1. The first-order valence-corrected chi connectivity index (χ1v) is 11.8. The van der Waals surface area contributed by atoms with Crippen molar-refractivity contribution < 1.29 is 68.6 Å². The molecule has 2 rings (SSSR count). The van der Waals surface area contributed by atoms with E-state index in [2.05, 4.69) is 0 Å². The Hall–Kier alpha value is -1.46. The van der Waals surface area contributed by atoms with Crippen LogP contribution in [-0.2, 0) is 38.0 Å². The fraction of sp³-hybridized carbons (Fsp3) is 0.909. The minimum absolute atomic E-state index is 0.00877. The second-order valence-corrected chi connectivity index (χ2v) is 8.93. The summed E-state index contributed by atoms with van der Waals surface area (Å²) in [5.41, 5.74) is 0. The summed E-state index contributed by atoms with van der Waals surface area (Å²) in [6.07, 6.45) is -7.94. The van der Waals surface area contributed by atoms with E-state index in [1.165, 1.54) is 7.11 Å². The molecule has 4 unspecified atom stereocenters. The molecule has 2 heterocycles. The molecule has 2 aliphatic heterocycles. The average molecular weight is 527 g/mol. The molecule has 0 aromatic heterocycles. The summed E-state index contributed by atoms with van der Waals surface area (Å²) in [5.74, 6) is -3.63. The lowest BCUT2D eigenvalue weighted by molar-refractivity contribution is -0.242. The van der Waals surface area contributed by atoms with Crippen LogP contribution in [-0.4, -0.2) is 145 Å². The minimum Gasteiger partial charge on any atom is -0.480 e. The largest absolute Gasteiger partial charge is 0.480 e. The number of aliphatic carboxylic acids is 2. The van der Waals surface area contributed by atoms with E-state index in [1.54, 1.807) is 6.92 Å². The third kappa shape index (κ3) is 8.55. The normalized spacial score (nSPS) is 37.1. The zero-order valence-corrected chi connectivity index (χ0v) is 20.4. The first-order chi connectivity index (χ1) is 17.1. The van der Waals surface area contributed by atoms with Crippen molar-refractivity contribution in [2.75, 3.05) is 53.4 Å². The highest BCUT2D eigenvalue weighted by Crippen LogP contribution is 2.31. The molecule has 0 bridgehead atoms. The number of carboxylic acid groups (broad SMARTS) is 2. The smallest absolute Gasteiger partial charge is 0.329 e. The van der Waals surface area contributed by atoms with Gasteiger partial charge in [0.25, 0.3) is 0 Å². The number of ether oxygens (including phenoxy) is 6. The van der Waals surface area contributed by atoms with Gasteiger partial charge in [-0.05, 0) is 6.42 Å². The number of aliphatic hydroxyl groups is 4. The Labute approximate surface area is 208 Å². The Morgan fingerprint density at radius 2 is 1.08 bits per heavy atom. The molecule has 2 saturated heterocycles. The minimum atomic E-state index is -1.30. The van der Waals surface area contributed by atoms with Crippen molar-refractivity contribution >= 4 is 11.9 Å². The lowest BCUT2D eigenvalue weighted by Gasteiger charge is -2.44. The molecular weight excluding hydrogens is 488 g/mol. The number of hydrogen-bond donors (Lipinski definition) is 6. The van der Waals surface area contributed by atoms with Crippen molar-refractivity contribution in [3.63, 3.8) is 0 Å². The van der Waals surface area contributed by atoms with Crippen molar-refractivity contribution in [3.8, 4) is 0 Å². The van der Waals surface area contributed by atoms with Gasteiger partial charge in [-0.2, -0.15) is 0 Å². The Morgan fingerprint density at radius 1 is 0.639 bits per heavy atom. The highest BCUT2D eigenvalue weighted by Gasteiger charge is 2.46. The predicted octanol–water partition coefficient (Wildman–Crippen LogP) is -2.53. The van der Waals surface area contributed by atoms with Gasteiger partial charge in [-0.25, -0.2) is 9.59 Å². The highest BCUT2D eigenvalue weighted by atomic mass is 16.6. The number of hydrogen-bond acceptors (Lipinski definition) is 12. The van der Waals surface area contributed by atoms with Gasteiger partial charge < -0.3 is 59.1 Å². The van der Waals surface area contributed by atoms with E-state index in [0.29, 0.717) is 6.42 Å². The van der Waals surface area contributed by atoms with Crippen molar-refractivity contribution in [1.29, 1.82) is 0 Å². The summed E-state index contributed by atoms with van der Waals surface area (Å²) in [5, 5.41) is 59.7. The van der Waals surface area contributed by atoms with E-state index in [4.69, 9.17) is 38.6 Å². The van der Waals surface area contributed by atoms with Crippen LogP contribution in [0.5, 0.6) is 0 Å². The van der Waals surface area contributed by atoms with E-state index >= 15 is 0 Å². The monoisotopic (exact) mass is 526 g/mol. The molecule has 0 aromatic carbocycles. The van der Waals surface area contributed by atoms with E-state index in [-0.39, 0.29) is 33.0 Å². The van der Waals surface area contributed by atoms with E-state index in [0.717, 1.165) is 0 Å². The maximum Gasteiger partial charge on any atom is 0.329 e. The lowest BCUT2D eigenvalue weighted by Crippen LogP contribution is -2.59. The van der Waals surface area contributed by atoms with Crippen LogP contribution in [0.15, 0.2) is 0 Å². The zero-order valence-electron chi connectivity index (χ0n) is 20.4. The van der Waals surface area contributed by atoms with Crippen molar-refractivity contribution in [1.82, 2.24) is 0 Å². The summed E-state index contributed by atoms with van der Waals surface area (Å²) >= 11 is 0. The van der Waals surface area contributed by atoms with Gasteiger partial charge in [-0.3, -0.25) is 0 Å². The van der Waals surface area contributed by atoms with Crippen LogP contribution in [0.3, 0.4) is 0 Å². The molecule has 10 atom stereocenters. The quantitative estimate of drug-likeness (QED) is 0.130. The maximum atomic E-state index is 10.8. The molecule has 0 aromatic rings. The number of carbonyl (C=O) groups is 2. The number of carboxylic acids is 2. The predicted molar refractivity (Wildman–Crippen MR) is 118 cm³/mol. The third-order valence-electron chi connectivity index (χ3n) is 6.40. The lowest BCUT2D eigenvalue weighted by atomic mass is 9.85. The molecular formula is C22H38O14. The van der Waals surface area contributed by atoms with Gasteiger partial charge in [-0.15, -0.1) is 0 Å². The van der Waals surface area contributed by atoms with E-state index in [1.807, 2.05) is 0 Å². The molecule has 36 heavy (non-hydrogen) atoms. The summed E-state index contributed by atoms with van der Waals surface area (Å²) < 4.78 is 32.6. The Balaban J connectivity index is 2.00. The van der Waals surface area contributed by atoms with Gasteiger partial charge in [0.05, 0.1) is 57.5 Å². The molecule has 0 spiro atoms. The van der Waals surface area contributed by atoms with Crippen LogP contribution in [0, 0.1) is 11.8 Å². The van der Waals surface area contributed by atoms with Gasteiger partial charge in [0.15, 0.2) is 0 Å². The highest BCUT2D eigenvalue weighted by molar-refractivity contribution is 5.68. The summed E-state index contributed by atoms with van der Waals surface area (Å²) in [4.78, 5) is 21.5. The van der Waals surface area contributed by atoms with E-state index < -0.39 is 85.8 Å². The van der Waals surface area contributed by atoms with Gasteiger partial charge in [-0.1, -0.05) is 6.92 Å². The summed E-state index contributed by atoms with van der Waals surface area (Å²) in [7, 11) is 1.40. The average Bonchev–Trinajstić information content (AvgIpc) is 2.81. The van der Waals surface area contributed by atoms with E-state index in [9.17, 15) is 30.0 Å². The maximum absolute atomic E-state index is 10.8. The molecule has 2 aliphatic rings.